The molecule has 1 N–H and O–H groups in total. The van der Waals surface area contributed by atoms with E-state index in [-0.39, 0.29) is 12.5 Å². The van der Waals surface area contributed by atoms with E-state index in [2.05, 4.69) is 20.8 Å². The maximum absolute atomic E-state index is 11.4. The SMILES string of the molecule is CCC(=O)Nc1ccc(OCc2nnnn2-c2ccccc2)cc1. The molecule has 0 aliphatic heterocycles. The van der Waals surface area contributed by atoms with Gasteiger partial charge in [-0.2, -0.15) is 4.68 Å². The van der Waals surface area contributed by atoms with Crippen molar-refractivity contribution in [3.05, 3.63) is 60.4 Å². The van der Waals surface area contributed by atoms with Crippen molar-refractivity contribution in [3.8, 4) is 11.4 Å². The maximum atomic E-state index is 11.4. The zero-order valence-corrected chi connectivity index (χ0v) is 13.2. The molecule has 122 valence electrons. The topological polar surface area (TPSA) is 81.9 Å². The van der Waals surface area contributed by atoms with Crippen LogP contribution >= 0.6 is 0 Å². The standard InChI is InChI=1S/C17H17N5O2/c1-2-17(23)18-13-8-10-15(11-9-13)24-12-16-19-20-21-22(16)14-6-4-3-5-7-14/h3-11H,2,12H2,1H3,(H,18,23). The molecular formula is C17H17N5O2. The Morgan fingerprint density at radius 3 is 2.58 bits per heavy atom. The minimum atomic E-state index is -0.0225. The normalized spacial score (nSPS) is 10.4. The minimum absolute atomic E-state index is 0.0225. The van der Waals surface area contributed by atoms with E-state index in [4.69, 9.17) is 4.74 Å². The van der Waals surface area contributed by atoms with Gasteiger partial charge in [-0.05, 0) is 46.8 Å². The Hall–Kier alpha value is -3.22. The van der Waals surface area contributed by atoms with Crippen molar-refractivity contribution in [2.75, 3.05) is 5.32 Å². The van der Waals surface area contributed by atoms with Gasteiger partial charge in [0.15, 0.2) is 5.82 Å². The number of nitrogens with one attached hydrogen (secondary N) is 1. The molecule has 0 saturated heterocycles. The van der Waals surface area contributed by atoms with E-state index in [0.717, 1.165) is 11.4 Å². The number of rotatable bonds is 6. The Kier molecular flexibility index (Phi) is 4.81. The number of amides is 1. The monoisotopic (exact) mass is 323 g/mol. The summed E-state index contributed by atoms with van der Waals surface area (Å²) in [7, 11) is 0. The molecule has 0 saturated carbocycles. The van der Waals surface area contributed by atoms with E-state index in [1.807, 2.05) is 37.3 Å². The van der Waals surface area contributed by atoms with Crippen LogP contribution in [-0.2, 0) is 11.4 Å². The van der Waals surface area contributed by atoms with E-state index in [1.165, 1.54) is 0 Å². The highest BCUT2D eigenvalue weighted by Crippen LogP contribution is 2.17. The highest BCUT2D eigenvalue weighted by Gasteiger charge is 2.09. The highest BCUT2D eigenvalue weighted by molar-refractivity contribution is 5.90. The van der Waals surface area contributed by atoms with Gasteiger partial charge in [-0.3, -0.25) is 4.79 Å². The first kappa shape index (κ1) is 15.7. The van der Waals surface area contributed by atoms with Crippen LogP contribution in [0.25, 0.3) is 5.69 Å². The lowest BCUT2D eigenvalue weighted by molar-refractivity contribution is -0.115. The van der Waals surface area contributed by atoms with Crippen LogP contribution in [0.5, 0.6) is 5.75 Å². The van der Waals surface area contributed by atoms with Crippen LogP contribution in [0.1, 0.15) is 19.2 Å². The van der Waals surface area contributed by atoms with E-state index >= 15 is 0 Å². The van der Waals surface area contributed by atoms with Gasteiger partial charge in [0.05, 0.1) is 5.69 Å². The number of para-hydroxylation sites is 1. The number of hydrogen-bond acceptors (Lipinski definition) is 5. The minimum Gasteiger partial charge on any atom is -0.486 e. The van der Waals surface area contributed by atoms with Crippen LogP contribution < -0.4 is 10.1 Å². The van der Waals surface area contributed by atoms with Crippen LogP contribution in [-0.4, -0.2) is 26.1 Å². The molecular weight excluding hydrogens is 306 g/mol. The van der Waals surface area contributed by atoms with Crippen molar-refractivity contribution < 1.29 is 9.53 Å². The average molecular weight is 323 g/mol. The summed E-state index contributed by atoms with van der Waals surface area (Å²) in [5.74, 6) is 1.25. The highest BCUT2D eigenvalue weighted by atomic mass is 16.5. The molecule has 7 heteroatoms. The third-order valence-electron chi connectivity index (χ3n) is 3.36. The van der Waals surface area contributed by atoms with Gasteiger partial charge >= 0.3 is 0 Å². The predicted octanol–water partition coefficient (Wildman–Crippen LogP) is 2.59. The number of carbonyl (C=O) groups is 1. The maximum Gasteiger partial charge on any atom is 0.224 e. The zero-order valence-electron chi connectivity index (χ0n) is 13.2. The Bertz CT molecular complexity index is 799. The van der Waals surface area contributed by atoms with Crippen LogP contribution in [0.4, 0.5) is 5.69 Å². The molecule has 1 aromatic heterocycles. The molecule has 0 aliphatic rings. The molecule has 0 bridgehead atoms. The zero-order chi connectivity index (χ0) is 16.8. The second-order valence-corrected chi connectivity index (χ2v) is 5.06. The lowest BCUT2D eigenvalue weighted by Gasteiger charge is -2.08. The van der Waals surface area contributed by atoms with E-state index in [1.54, 1.807) is 28.9 Å². The van der Waals surface area contributed by atoms with Crippen molar-refractivity contribution in [2.45, 2.75) is 20.0 Å². The van der Waals surface area contributed by atoms with Gasteiger partial charge in [0.25, 0.3) is 0 Å². The van der Waals surface area contributed by atoms with Gasteiger partial charge < -0.3 is 10.1 Å². The fourth-order valence-corrected chi connectivity index (χ4v) is 2.10. The van der Waals surface area contributed by atoms with Gasteiger partial charge in [-0.25, -0.2) is 0 Å². The smallest absolute Gasteiger partial charge is 0.224 e. The summed E-state index contributed by atoms with van der Waals surface area (Å²) in [5, 5.41) is 14.5. The van der Waals surface area contributed by atoms with Gasteiger partial charge in [-0.1, -0.05) is 25.1 Å². The van der Waals surface area contributed by atoms with Gasteiger partial charge in [0.1, 0.15) is 12.4 Å². The number of tetrazole rings is 1. The van der Waals surface area contributed by atoms with E-state index in [9.17, 15) is 4.79 Å². The predicted molar refractivity (Wildman–Crippen MR) is 88.8 cm³/mol. The van der Waals surface area contributed by atoms with E-state index in [0.29, 0.717) is 18.0 Å². The molecule has 24 heavy (non-hydrogen) atoms. The number of ether oxygens (including phenoxy) is 1. The molecule has 3 aromatic rings. The van der Waals surface area contributed by atoms with Crippen molar-refractivity contribution in [1.82, 2.24) is 20.2 Å². The fraction of sp³-hybridized carbons (Fsp3) is 0.176. The number of anilines is 1. The Balaban J connectivity index is 1.65. The number of benzene rings is 2. The van der Waals surface area contributed by atoms with Crippen LogP contribution in [0.3, 0.4) is 0 Å². The summed E-state index contributed by atoms with van der Waals surface area (Å²) in [6, 6.07) is 16.8. The Labute approximate surface area is 139 Å². The Morgan fingerprint density at radius 2 is 1.88 bits per heavy atom. The summed E-state index contributed by atoms with van der Waals surface area (Å²) in [6.07, 6.45) is 0.445. The van der Waals surface area contributed by atoms with Gasteiger partial charge in [0.2, 0.25) is 5.91 Å². The third-order valence-corrected chi connectivity index (χ3v) is 3.36. The lowest BCUT2D eigenvalue weighted by atomic mass is 10.3. The summed E-state index contributed by atoms with van der Waals surface area (Å²) in [6.45, 7) is 2.05. The van der Waals surface area contributed by atoms with Crippen LogP contribution in [0, 0.1) is 0 Å². The van der Waals surface area contributed by atoms with Gasteiger partial charge in [0, 0.05) is 12.1 Å². The molecule has 7 nitrogen and oxygen atoms in total. The second-order valence-electron chi connectivity index (χ2n) is 5.06. The summed E-state index contributed by atoms with van der Waals surface area (Å²) in [4.78, 5) is 11.4. The molecule has 3 rings (SSSR count). The van der Waals surface area contributed by atoms with Crippen LogP contribution in [0.15, 0.2) is 54.6 Å². The molecule has 0 unspecified atom stereocenters. The second kappa shape index (κ2) is 7.36. The Morgan fingerprint density at radius 1 is 1.12 bits per heavy atom. The molecule has 0 spiro atoms. The quantitative estimate of drug-likeness (QED) is 0.754. The average Bonchev–Trinajstić information content (AvgIpc) is 3.10. The van der Waals surface area contributed by atoms with E-state index < -0.39 is 0 Å². The van der Waals surface area contributed by atoms with Crippen molar-refractivity contribution in [1.29, 1.82) is 0 Å². The van der Waals surface area contributed by atoms with Crippen molar-refractivity contribution in [2.24, 2.45) is 0 Å². The number of hydrogen-bond donors (Lipinski definition) is 1. The molecule has 1 heterocycles. The lowest BCUT2D eigenvalue weighted by Crippen LogP contribution is -2.09. The number of carbonyl (C=O) groups excluding carboxylic acids is 1. The molecule has 0 aliphatic carbocycles. The summed E-state index contributed by atoms with van der Waals surface area (Å²) in [5.41, 5.74) is 1.61. The first-order valence-corrected chi connectivity index (χ1v) is 7.61. The number of aromatic nitrogens is 4. The first-order valence-electron chi connectivity index (χ1n) is 7.61. The molecule has 0 atom stereocenters. The molecule has 0 radical (unpaired) electrons. The van der Waals surface area contributed by atoms with Gasteiger partial charge in [-0.15, -0.1) is 5.10 Å². The number of nitrogens with zero attached hydrogens (tertiary/aromatic N) is 4. The van der Waals surface area contributed by atoms with Crippen LogP contribution in [0.2, 0.25) is 0 Å². The summed E-state index contributed by atoms with van der Waals surface area (Å²) < 4.78 is 7.36. The largest absolute Gasteiger partial charge is 0.486 e. The van der Waals surface area contributed by atoms with Crippen molar-refractivity contribution in [3.63, 3.8) is 0 Å². The molecule has 0 fully saturated rings. The first-order chi connectivity index (χ1) is 11.8. The van der Waals surface area contributed by atoms with Crippen molar-refractivity contribution >= 4 is 11.6 Å². The molecule has 1 amide bonds. The molecule has 2 aromatic carbocycles. The summed E-state index contributed by atoms with van der Waals surface area (Å²) >= 11 is 0. The fourth-order valence-electron chi connectivity index (χ4n) is 2.10. The third kappa shape index (κ3) is 3.75.